The Balaban J connectivity index is 1.66. The molecule has 0 aliphatic carbocycles. The van der Waals surface area contributed by atoms with Gasteiger partial charge in [-0.05, 0) is 47.9 Å². The first-order chi connectivity index (χ1) is 13.5. The molecule has 0 aliphatic rings. The van der Waals surface area contributed by atoms with E-state index in [1.807, 2.05) is 55.6 Å². The number of thiazole rings is 1. The van der Waals surface area contributed by atoms with Crippen molar-refractivity contribution in [2.45, 2.75) is 26.4 Å². The van der Waals surface area contributed by atoms with Gasteiger partial charge in [0.2, 0.25) is 0 Å². The van der Waals surface area contributed by atoms with Crippen molar-refractivity contribution < 1.29 is 14.3 Å². The fourth-order valence-corrected chi connectivity index (χ4v) is 3.87. The van der Waals surface area contributed by atoms with Gasteiger partial charge >= 0.3 is 5.97 Å². The summed E-state index contributed by atoms with van der Waals surface area (Å²) in [6, 6.07) is 15.1. The third-order valence-electron chi connectivity index (χ3n) is 4.40. The van der Waals surface area contributed by atoms with Crippen molar-refractivity contribution in [1.82, 2.24) is 4.98 Å². The molecule has 1 heterocycles. The van der Waals surface area contributed by atoms with Crippen LogP contribution in [0.15, 0.2) is 53.9 Å². The lowest BCUT2D eigenvalue weighted by Crippen LogP contribution is -2.20. The first-order valence-electron chi connectivity index (χ1n) is 8.99. The number of nitrogens with zero attached hydrogens (tertiary/aromatic N) is 1. The quantitative estimate of drug-likeness (QED) is 0.447. The van der Waals surface area contributed by atoms with Gasteiger partial charge in [-0.2, -0.15) is 0 Å². The Kier molecular flexibility index (Phi) is 6.70. The van der Waals surface area contributed by atoms with Crippen molar-refractivity contribution in [2.75, 3.05) is 7.11 Å². The van der Waals surface area contributed by atoms with Gasteiger partial charge in [-0.15, -0.1) is 11.3 Å². The lowest BCUT2D eigenvalue weighted by atomic mass is 9.88. The molecule has 0 spiro atoms. The molecule has 2 aromatic carbocycles. The summed E-state index contributed by atoms with van der Waals surface area (Å²) in [5, 5.41) is 3.44. The molecule has 146 valence electrons. The van der Waals surface area contributed by atoms with Gasteiger partial charge < -0.3 is 9.47 Å². The number of halogens is 1. The maximum atomic E-state index is 12.7. The molecule has 1 atom stereocenters. The molecule has 0 N–H and O–H groups in total. The van der Waals surface area contributed by atoms with Crippen molar-refractivity contribution in [3.63, 3.8) is 0 Å². The number of esters is 1. The minimum Gasteiger partial charge on any atom is -0.497 e. The normalized spacial score (nSPS) is 12.0. The van der Waals surface area contributed by atoms with Crippen LogP contribution in [0.1, 0.15) is 31.0 Å². The van der Waals surface area contributed by atoms with Crippen LogP contribution in [-0.2, 0) is 16.1 Å². The Labute approximate surface area is 174 Å². The van der Waals surface area contributed by atoms with Crippen LogP contribution in [0.4, 0.5) is 0 Å². The third kappa shape index (κ3) is 4.91. The first kappa shape index (κ1) is 20.4. The van der Waals surface area contributed by atoms with Gasteiger partial charge in [0.25, 0.3) is 0 Å². The Morgan fingerprint density at radius 2 is 1.79 bits per heavy atom. The van der Waals surface area contributed by atoms with Crippen LogP contribution in [-0.4, -0.2) is 18.1 Å². The molecule has 0 unspecified atom stereocenters. The maximum Gasteiger partial charge on any atom is 0.314 e. The summed E-state index contributed by atoms with van der Waals surface area (Å²) in [6.07, 6.45) is 0. The van der Waals surface area contributed by atoms with Gasteiger partial charge in [0.1, 0.15) is 17.4 Å². The number of carbonyl (C=O) groups is 1. The highest BCUT2D eigenvalue weighted by Crippen LogP contribution is 2.29. The molecule has 4 nitrogen and oxygen atoms in total. The molecule has 6 heteroatoms. The largest absolute Gasteiger partial charge is 0.497 e. The second-order valence-corrected chi connectivity index (χ2v) is 8.05. The lowest BCUT2D eigenvalue weighted by molar-refractivity contribution is -0.148. The number of hydrogen-bond acceptors (Lipinski definition) is 5. The zero-order valence-corrected chi connectivity index (χ0v) is 17.6. The van der Waals surface area contributed by atoms with Gasteiger partial charge in [-0.3, -0.25) is 4.79 Å². The van der Waals surface area contributed by atoms with Crippen LogP contribution in [0.5, 0.6) is 5.75 Å². The molecule has 0 amide bonds. The van der Waals surface area contributed by atoms with Crippen molar-refractivity contribution >= 4 is 28.9 Å². The van der Waals surface area contributed by atoms with Crippen molar-refractivity contribution in [3.8, 4) is 16.3 Å². The maximum absolute atomic E-state index is 12.7. The van der Waals surface area contributed by atoms with Crippen molar-refractivity contribution in [3.05, 3.63) is 70.2 Å². The summed E-state index contributed by atoms with van der Waals surface area (Å²) in [6.45, 7) is 4.17. The monoisotopic (exact) mass is 415 g/mol. The topological polar surface area (TPSA) is 48.4 Å². The SMILES string of the molecule is COc1ccc(-c2nc(COC(=O)[C@@H](c3ccc(Cl)cc3)C(C)C)cs2)cc1. The van der Waals surface area contributed by atoms with Gasteiger partial charge in [0, 0.05) is 16.0 Å². The number of aromatic nitrogens is 1. The molecule has 0 radical (unpaired) electrons. The van der Waals surface area contributed by atoms with E-state index in [1.54, 1.807) is 19.2 Å². The Hall–Kier alpha value is -2.37. The second kappa shape index (κ2) is 9.22. The summed E-state index contributed by atoms with van der Waals surface area (Å²) < 4.78 is 10.8. The minimum absolute atomic E-state index is 0.110. The fourth-order valence-electron chi connectivity index (χ4n) is 2.94. The Bertz CT molecular complexity index is 920. The van der Waals surface area contributed by atoms with Gasteiger partial charge in [-0.1, -0.05) is 37.6 Å². The molecule has 0 saturated carbocycles. The van der Waals surface area contributed by atoms with Crippen molar-refractivity contribution in [2.24, 2.45) is 5.92 Å². The van der Waals surface area contributed by atoms with Crippen LogP contribution in [0.3, 0.4) is 0 Å². The second-order valence-electron chi connectivity index (χ2n) is 6.75. The summed E-state index contributed by atoms with van der Waals surface area (Å²) in [5.74, 6) is 0.323. The van der Waals surface area contributed by atoms with Gasteiger partial charge in [0.05, 0.1) is 18.7 Å². The van der Waals surface area contributed by atoms with Gasteiger partial charge in [0.15, 0.2) is 0 Å². The molecule has 0 fully saturated rings. The van der Waals surface area contributed by atoms with E-state index in [0.717, 1.165) is 27.6 Å². The smallest absolute Gasteiger partial charge is 0.314 e. The van der Waals surface area contributed by atoms with Gasteiger partial charge in [-0.25, -0.2) is 4.98 Å². The van der Waals surface area contributed by atoms with E-state index >= 15 is 0 Å². The zero-order chi connectivity index (χ0) is 20.1. The summed E-state index contributed by atoms with van der Waals surface area (Å²) in [5.41, 5.74) is 2.65. The van der Waals surface area contributed by atoms with E-state index in [1.165, 1.54) is 11.3 Å². The molecular weight excluding hydrogens is 394 g/mol. The highest BCUT2D eigenvalue weighted by atomic mass is 35.5. The van der Waals surface area contributed by atoms with E-state index in [2.05, 4.69) is 4.98 Å². The lowest BCUT2D eigenvalue weighted by Gasteiger charge is -2.19. The zero-order valence-electron chi connectivity index (χ0n) is 16.0. The molecule has 0 aliphatic heterocycles. The minimum atomic E-state index is -0.336. The van der Waals surface area contributed by atoms with Crippen LogP contribution in [0.25, 0.3) is 10.6 Å². The Morgan fingerprint density at radius 3 is 2.39 bits per heavy atom. The van der Waals surface area contributed by atoms with E-state index in [-0.39, 0.29) is 24.4 Å². The number of benzene rings is 2. The Morgan fingerprint density at radius 1 is 1.11 bits per heavy atom. The van der Waals surface area contributed by atoms with Crippen LogP contribution >= 0.6 is 22.9 Å². The highest BCUT2D eigenvalue weighted by Gasteiger charge is 2.26. The third-order valence-corrected chi connectivity index (χ3v) is 5.59. The standard InChI is InChI=1S/C22H22ClNO3S/c1-14(2)20(15-4-8-17(23)9-5-15)22(25)27-12-18-13-28-21(24-18)16-6-10-19(26-3)11-7-16/h4-11,13-14,20H,12H2,1-3H3/t20-/m1/s1. The average Bonchev–Trinajstić information content (AvgIpc) is 3.17. The van der Waals surface area contributed by atoms with E-state index in [0.29, 0.717) is 5.02 Å². The van der Waals surface area contributed by atoms with Crippen LogP contribution in [0.2, 0.25) is 5.02 Å². The van der Waals surface area contributed by atoms with E-state index < -0.39 is 0 Å². The molecule has 3 aromatic rings. The van der Waals surface area contributed by atoms with Crippen LogP contribution < -0.4 is 4.74 Å². The summed E-state index contributed by atoms with van der Waals surface area (Å²) in [7, 11) is 1.64. The molecule has 1 aromatic heterocycles. The molecule has 28 heavy (non-hydrogen) atoms. The fraction of sp³-hybridized carbons (Fsp3) is 0.273. The highest BCUT2D eigenvalue weighted by molar-refractivity contribution is 7.13. The van der Waals surface area contributed by atoms with E-state index in [9.17, 15) is 4.79 Å². The predicted molar refractivity (Wildman–Crippen MR) is 113 cm³/mol. The van der Waals surface area contributed by atoms with Crippen molar-refractivity contribution in [1.29, 1.82) is 0 Å². The average molecular weight is 416 g/mol. The number of rotatable bonds is 7. The van der Waals surface area contributed by atoms with E-state index in [4.69, 9.17) is 21.1 Å². The molecular formula is C22H22ClNO3S. The summed E-state index contributed by atoms with van der Waals surface area (Å²) >= 11 is 7.48. The molecule has 0 bridgehead atoms. The number of methoxy groups -OCH3 is 1. The number of carbonyl (C=O) groups excluding carboxylic acids is 1. The number of ether oxygens (including phenoxy) is 2. The van der Waals surface area contributed by atoms with Crippen LogP contribution in [0, 0.1) is 5.92 Å². The number of hydrogen-bond donors (Lipinski definition) is 0. The summed E-state index contributed by atoms with van der Waals surface area (Å²) in [4.78, 5) is 17.3. The molecule has 3 rings (SSSR count). The first-order valence-corrected chi connectivity index (χ1v) is 10.2. The predicted octanol–water partition coefficient (Wildman–Crippen LogP) is 5.96. The molecule has 0 saturated heterocycles.